The van der Waals surface area contributed by atoms with E-state index in [9.17, 15) is 21.6 Å². The first-order valence-corrected chi connectivity index (χ1v) is 10.2. The number of furan rings is 1. The van der Waals surface area contributed by atoms with Gasteiger partial charge in [-0.2, -0.15) is 0 Å². The molecule has 2 rings (SSSR count). The molecule has 0 radical (unpaired) electrons. The number of primary sulfonamides is 1. The molecule has 0 spiro atoms. The zero-order valence-electron chi connectivity index (χ0n) is 14.3. The van der Waals surface area contributed by atoms with Crippen LogP contribution in [0.1, 0.15) is 21.7 Å². The van der Waals surface area contributed by atoms with Crippen molar-refractivity contribution in [2.75, 3.05) is 14.1 Å². The van der Waals surface area contributed by atoms with Crippen LogP contribution in [0, 0.1) is 6.92 Å². The number of aryl methyl sites for hydroxylation is 1. The molecule has 9 nitrogen and oxygen atoms in total. The first kappa shape index (κ1) is 20.1. The molecule has 1 heterocycles. The molecule has 1 aromatic carbocycles. The molecule has 2 aromatic rings. The fourth-order valence-corrected chi connectivity index (χ4v) is 3.63. The Bertz CT molecular complexity index is 1040. The Morgan fingerprint density at radius 2 is 1.81 bits per heavy atom. The van der Waals surface area contributed by atoms with E-state index in [2.05, 4.69) is 0 Å². The molecule has 1 aromatic heterocycles. The van der Waals surface area contributed by atoms with E-state index >= 15 is 0 Å². The average molecular weight is 402 g/mol. The summed E-state index contributed by atoms with van der Waals surface area (Å²) >= 11 is 0. The van der Waals surface area contributed by atoms with Gasteiger partial charge in [-0.1, -0.05) is 6.07 Å². The monoisotopic (exact) mass is 402 g/mol. The Balaban J connectivity index is 2.14. The van der Waals surface area contributed by atoms with Gasteiger partial charge in [0.25, 0.3) is 10.0 Å². The summed E-state index contributed by atoms with van der Waals surface area (Å²) in [5.74, 6) is -0.680. The molecule has 26 heavy (non-hydrogen) atoms. The lowest BCUT2D eigenvalue weighted by Crippen LogP contribution is -2.21. The van der Waals surface area contributed by atoms with Crippen LogP contribution in [0.2, 0.25) is 0 Å². The first-order chi connectivity index (χ1) is 11.9. The maximum Gasteiger partial charge on any atom is 0.338 e. The third-order valence-corrected chi connectivity index (χ3v) is 6.19. The first-order valence-electron chi connectivity index (χ1n) is 7.25. The molecule has 0 bridgehead atoms. The van der Waals surface area contributed by atoms with Crippen molar-refractivity contribution in [3.63, 3.8) is 0 Å². The van der Waals surface area contributed by atoms with Crippen molar-refractivity contribution >= 4 is 26.0 Å². The lowest BCUT2D eigenvalue weighted by molar-refractivity contribution is 0.0440. The smallest absolute Gasteiger partial charge is 0.338 e. The second-order valence-corrected chi connectivity index (χ2v) is 9.22. The average Bonchev–Trinajstić information content (AvgIpc) is 3.01. The van der Waals surface area contributed by atoms with Gasteiger partial charge in [0.15, 0.2) is 0 Å². The van der Waals surface area contributed by atoms with Gasteiger partial charge in [-0.05, 0) is 36.8 Å². The van der Waals surface area contributed by atoms with Crippen LogP contribution in [0.25, 0.3) is 0 Å². The van der Waals surface area contributed by atoms with Crippen LogP contribution in [0.3, 0.4) is 0 Å². The number of sulfonamides is 2. The van der Waals surface area contributed by atoms with E-state index in [0.717, 1.165) is 10.4 Å². The Morgan fingerprint density at radius 1 is 1.15 bits per heavy atom. The predicted molar refractivity (Wildman–Crippen MR) is 91.3 cm³/mol. The minimum Gasteiger partial charge on any atom is -0.454 e. The molecular weight excluding hydrogens is 384 g/mol. The number of carbonyl (C=O) groups is 1. The highest BCUT2D eigenvalue weighted by Gasteiger charge is 2.22. The van der Waals surface area contributed by atoms with Crippen LogP contribution in [0.15, 0.2) is 44.7 Å². The number of rotatable bonds is 6. The van der Waals surface area contributed by atoms with Crippen LogP contribution >= 0.6 is 0 Å². The van der Waals surface area contributed by atoms with Crippen molar-refractivity contribution in [2.24, 2.45) is 5.14 Å². The van der Waals surface area contributed by atoms with E-state index in [1.54, 1.807) is 6.92 Å². The molecule has 0 amide bonds. The Labute approximate surface area is 151 Å². The molecule has 0 atom stereocenters. The number of benzene rings is 1. The topological polar surface area (TPSA) is 137 Å². The number of esters is 1. The third kappa shape index (κ3) is 4.30. The summed E-state index contributed by atoms with van der Waals surface area (Å²) in [5.41, 5.74) is 0.390. The normalized spacial score (nSPS) is 12.3. The highest BCUT2D eigenvalue weighted by molar-refractivity contribution is 7.89. The molecule has 0 fully saturated rings. The highest BCUT2D eigenvalue weighted by Crippen LogP contribution is 2.19. The molecule has 0 unspecified atom stereocenters. The lowest BCUT2D eigenvalue weighted by Gasteiger charge is -2.08. The summed E-state index contributed by atoms with van der Waals surface area (Å²) in [6, 6.07) is 6.58. The van der Waals surface area contributed by atoms with Crippen LogP contribution in [-0.4, -0.2) is 41.2 Å². The van der Waals surface area contributed by atoms with E-state index in [1.807, 2.05) is 0 Å². The van der Waals surface area contributed by atoms with Crippen LogP contribution < -0.4 is 5.14 Å². The largest absolute Gasteiger partial charge is 0.454 e. The quantitative estimate of drug-likeness (QED) is 0.707. The molecule has 0 aliphatic carbocycles. The van der Waals surface area contributed by atoms with Crippen molar-refractivity contribution in [3.05, 3.63) is 47.2 Å². The van der Waals surface area contributed by atoms with Gasteiger partial charge in [0.1, 0.15) is 12.4 Å². The summed E-state index contributed by atoms with van der Waals surface area (Å²) in [6.07, 6.45) is 0. The van der Waals surface area contributed by atoms with E-state index in [-0.39, 0.29) is 27.9 Å². The van der Waals surface area contributed by atoms with Gasteiger partial charge in [-0.3, -0.25) is 0 Å². The fourth-order valence-electron chi connectivity index (χ4n) is 2.01. The minimum absolute atomic E-state index is 0.00711. The summed E-state index contributed by atoms with van der Waals surface area (Å²) in [4.78, 5) is 11.9. The highest BCUT2D eigenvalue weighted by atomic mass is 32.2. The second kappa shape index (κ2) is 7.19. The molecule has 11 heteroatoms. The molecule has 0 saturated carbocycles. The number of nitrogens with zero attached hydrogens (tertiary/aromatic N) is 1. The van der Waals surface area contributed by atoms with Gasteiger partial charge in [-0.15, -0.1) is 0 Å². The summed E-state index contributed by atoms with van der Waals surface area (Å²) in [5, 5.41) is 4.83. The fraction of sp³-hybridized carbons (Fsp3) is 0.267. The van der Waals surface area contributed by atoms with E-state index < -0.39 is 26.0 Å². The number of hydrogen-bond acceptors (Lipinski definition) is 7. The lowest BCUT2D eigenvalue weighted by atomic mass is 10.1. The summed E-state index contributed by atoms with van der Waals surface area (Å²) in [6.45, 7) is 1.23. The van der Waals surface area contributed by atoms with Gasteiger partial charge in [0.05, 0.1) is 10.5 Å². The number of ether oxygens (including phenoxy) is 1. The Hall–Kier alpha value is -2.21. The van der Waals surface area contributed by atoms with Crippen LogP contribution in [0.4, 0.5) is 0 Å². The number of carbonyl (C=O) groups excluding carboxylic acids is 1. The van der Waals surface area contributed by atoms with Crippen molar-refractivity contribution in [1.82, 2.24) is 4.31 Å². The van der Waals surface area contributed by atoms with Gasteiger partial charge < -0.3 is 9.15 Å². The van der Waals surface area contributed by atoms with Crippen molar-refractivity contribution in [3.8, 4) is 0 Å². The summed E-state index contributed by atoms with van der Waals surface area (Å²) in [7, 11) is -4.99. The minimum atomic E-state index is -3.98. The van der Waals surface area contributed by atoms with E-state index in [0.29, 0.717) is 5.56 Å². The third-order valence-electron chi connectivity index (χ3n) is 3.45. The predicted octanol–water partition coefficient (Wildman–Crippen LogP) is 0.843. The van der Waals surface area contributed by atoms with Crippen LogP contribution in [0.5, 0.6) is 0 Å². The standard InChI is InChI=1S/C15H18N2O7S2/c1-10-4-5-11(8-13(10)25(16,19)20)15(18)23-9-12-6-7-14(24-12)26(21,22)17(2)3/h4-8H,9H2,1-3H3,(H2,16,19,20). The van der Waals surface area contributed by atoms with Gasteiger partial charge in [0.2, 0.25) is 15.1 Å². The van der Waals surface area contributed by atoms with Gasteiger partial charge in [-0.25, -0.2) is 31.1 Å². The maximum absolute atomic E-state index is 12.1. The van der Waals surface area contributed by atoms with Crippen molar-refractivity contribution in [1.29, 1.82) is 0 Å². The SMILES string of the molecule is Cc1ccc(C(=O)OCc2ccc(S(=O)(=O)N(C)C)o2)cc1S(N)(=O)=O. The van der Waals surface area contributed by atoms with E-state index in [4.69, 9.17) is 14.3 Å². The van der Waals surface area contributed by atoms with Crippen LogP contribution in [-0.2, 0) is 31.4 Å². The maximum atomic E-state index is 12.1. The van der Waals surface area contributed by atoms with E-state index in [1.165, 1.54) is 38.4 Å². The van der Waals surface area contributed by atoms with Crippen molar-refractivity contribution < 1.29 is 30.8 Å². The van der Waals surface area contributed by atoms with Crippen molar-refractivity contribution in [2.45, 2.75) is 23.5 Å². The Kier molecular flexibility index (Phi) is 5.56. The molecule has 2 N–H and O–H groups in total. The molecule has 0 aliphatic heterocycles. The Morgan fingerprint density at radius 3 is 2.38 bits per heavy atom. The molecule has 142 valence electrons. The second-order valence-electron chi connectivity index (χ2n) is 5.61. The molecular formula is C15H18N2O7S2. The molecule has 0 aliphatic rings. The number of hydrogen-bond donors (Lipinski definition) is 1. The zero-order chi connectivity index (χ0) is 19.7. The molecule has 0 saturated heterocycles. The number of nitrogens with two attached hydrogens (primary N) is 1. The van der Waals surface area contributed by atoms with Gasteiger partial charge in [0, 0.05) is 14.1 Å². The summed E-state index contributed by atoms with van der Waals surface area (Å²) < 4.78 is 58.1. The van der Waals surface area contributed by atoms with Gasteiger partial charge >= 0.3 is 5.97 Å². The zero-order valence-corrected chi connectivity index (χ0v) is 15.9.